The standard InChI is InChI=1S/C8H10O6/c9-6(10)3-1-5(8(13)14)2-4-7(11)12/h1H,2-4H2,(H,9,10)(H,11,12)(H,13,14). The normalized spacial score (nSPS) is 11.0. The SMILES string of the molecule is O=C(O)CC=C(CCC(=O)O)C(=O)O. The molecule has 0 heterocycles. The molecule has 0 saturated carbocycles. The zero-order chi connectivity index (χ0) is 11.1. The summed E-state index contributed by atoms with van der Waals surface area (Å²) in [6, 6.07) is 0. The first-order valence-electron chi connectivity index (χ1n) is 3.79. The molecule has 0 saturated heterocycles. The predicted molar refractivity (Wildman–Crippen MR) is 44.8 cm³/mol. The number of carboxylic acids is 3. The number of carboxylic acid groups (broad SMARTS) is 3. The van der Waals surface area contributed by atoms with Gasteiger partial charge in [0.15, 0.2) is 0 Å². The second-order valence-electron chi connectivity index (χ2n) is 2.53. The fraction of sp³-hybridized carbons (Fsp3) is 0.375. The van der Waals surface area contributed by atoms with E-state index < -0.39 is 24.3 Å². The molecular formula is C8H10O6. The molecular weight excluding hydrogens is 192 g/mol. The van der Waals surface area contributed by atoms with E-state index in [-0.39, 0.29) is 18.4 Å². The van der Waals surface area contributed by atoms with Crippen molar-refractivity contribution in [3.05, 3.63) is 11.6 Å². The molecule has 0 radical (unpaired) electrons. The molecule has 0 rings (SSSR count). The van der Waals surface area contributed by atoms with Crippen molar-refractivity contribution in [3.63, 3.8) is 0 Å². The molecule has 6 nitrogen and oxygen atoms in total. The van der Waals surface area contributed by atoms with Crippen LogP contribution in [0.3, 0.4) is 0 Å². The molecule has 0 aromatic heterocycles. The lowest BCUT2D eigenvalue weighted by Crippen LogP contribution is -2.05. The molecule has 3 N–H and O–H groups in total. The molecule has 0 aliphatic carbocycles. The van der Waals surface area contributed by atoms with E-state index in [1.54, 1.807) is 0 Å². The van der Waals surface area contributed by atoms with Gasteiger partial charge in [-0.25, -0.2) is 4.79 Å². The lowest BCUT2D eigenvalue weighted by atomic mass is 10.1. The van der Waals surface area contributed by atoms with E-state index in [1.165, 1.54) is 0 Å². The van der Waals surface area contributed by atoms with Crippen LogP contribution in [0.15, 0.2) is 11.6 Å². The van der Waals surface area contributed by atoms with E-state index in [2.05, 4.69) is 0 Å². The number of carbonyl (C=O) groups is 3. The van der Waals surface area contributed by atoms with Crippen LogP contribution in [-0.2, 0) is 14.4 Å². The van der Waals surface area contributed by atoms with Crippen LogP contribution in [0.1, 0.15) is 19.3 Å². The van der Waals surface area contributed by atoms with Crippen molar-refractivity contribution in [1.82, 2.24) is 0 Å². The Morgan fingerprint density at radius 2 is 1.50 bits per heavy atom. The van der Waals surface area contributed by atoms with Gasteiger partial charge in [-0.05, 0) is 6.42 Å². The highest BCUT2D eigenvalue weighted by atomic mass is 16.4. The Kier molecular flexibility index (Phi) is 4.98. The average molecular weight is 202 g/mol. The molecule has 0 amide bonds. The zero-order valence-corrected chi connectivity index (χ0v) is 7.27. The first-order valence-corrected chi connectivity index (χ1v) is 3.79. The van der Waals surface area contributed by atoms with E-state index in [9.17, 15) is 14.4 Å². The number of hydrogen-bond donors (Lipinski definition) is 3. The second kappa shape index (κ2) is 5.74. The van der Waals surface area contributed by atoms with Gasteiger partial charge in [0.05, 0.1) is 6.42 Å². The van der Waals surface area contributed by atoms with Crippen molar-refractivity contribution in [3.8, 4) is 0 Å². The van der Waals surface area contributed by atoms with Gasteiger partial charge in [0, 0.05) is 12.0 Å². The van der Waals surface area contributed by atoms with Gasteiger partial charge in [0.1, 0.15) is 0 Å². The fourth-order valence-electron chi connectivity index (χ4n) is 0.748. The van der Waals surface area contributed by atoms with E-state index in [1.807, 2.05) is 0 Å². The molecule has 0 aromatic carbocycles. The maximum Gasteiger partial charge on any atom is 0.331 e. The van der Waals surface area contributed by atoms with Crippen LogP contribution in [0.4, 0.5) is 0 Å². The summed E-state index contributed by atoms with van der Waals surface area (Å²) in [4.78, 5) is 30.7. The van der Waals surface area contributed by atoms with Crippen molar-refractivity contribution >= 4 is 17.9 Å². The number of rotatable bonds is 6. The molecule has 0 fully saturated rings. The molecule has 0 spiro atoms. The average Bonchev–Trinajstić information content (AvgIpc) is 2.02. The van der Waals surface area contributed by atoms with Gasteiger partial charge in [0.2, 0.25) is 0 Å². The van der Waals surface area contributed by atoms with Crippen LogP contribution < -0.4 is 0 Å². The Morgan fingerprint density at radius 3 is 1.86 bits per heavy atom. The Bertz CT molecular complexity index is 278. The molecule has 0 unspecified atom stereocenters. The molecule has 6 heteroatoms. The van der Waals surface area contributed by atoms with Crippen molar-refractivity contribution in [2.45, 2.75) is 19.3 Å². The van der Waals surface area contributed by atoms with Crippen LogP contribution >= 0.6 is 0 Å². The molecule has 0 aromatic rings. The van der Waals surface area contributed by atoms with E-state index >= 15 is 0 Å². The monoisotopic (exact) mass is 202 g/mol. The van der Waals surface area contributed by atoms with Gasteiger partial charge in [0.25, 0.3) is 0 Å². The molecule has 0 aliphatic heterocycles. The highest BCUT2D eigenvalue weighted by Crippen LogP contribution is 2.06. The summed E-state index contributed by atoms with van der Waals surface area (Å²) < 4.78 is 0. The summed E-state index contributed by atoms with van der Waals surface area (Å²) in [5.41, 5.74) is -0.185. The third-order valence-corrected chi connectivity index (χ3v) is 1.41. The maximum atomic E-state index is 10.5. The van der Waals surface area contributed by atoms with Crippen molar-refractivity contribution < 1.29 is 29.7 Å². The van der Waals surface area contributed by atoms with Gasteiger partial charge in [-0.2, -0.15) is 0 Å². The molecule has 0 bridgehead atoms. The van der Waals surface area contributed by atoms with Crippen LogP contribution in [0.2, 0.25) is 0 Å². The van der Waals surface area contributed by atoms with Gasteiger partial charge in [-0.15, -0.1) is 0 Å². The summed E-state index contributed by atoms with van der Waals surface area (Å²) in [5.74, 6) is -3.56. The van der Waals surface area contributed by atoms with E-state index in [4.69, 9.17) is 15.3 Å². The molecule has 14 heavy (non-hydrogen) atoms. The summed E-state index contributed by atoms with van der Waals surface area (Å²) >= 11 is 0. The second-order valence-corrected chi connectivity index (χ2v) is 2.53. The van der Waals surface area contributed by atoms with E-state index in [0.717, 1.165) is 6.08 Å². The van der Waals surface area contributed by atoms with Crippen LogP contribution in [-0.4, -0.2) is 33.2 Å². The number of aliphatic carboxylic acids is 3. The highest BCUT2D eigenvalue weighted by molar-refractivity contribution is 5.88. The maximum absolute atomic E-state index is 10.5. The highest BCUT2D eigenvalue weighted by Gasteiger charge is 2.09. The largest absolute Gasteiger partial charge is 0.481 e. The minimum atomic E-state index is -1.28. The Morgan fingerprint density at radius 1 is 0.929 bits per heavy atom. The lowest BCUT2D eigenvalue weighted by Gasteiger charge is -1.98. The Balaban J connectivity index is 4.29. The summed E-state index contributed by atoms with van der Waals surface area (Å²) in [6.45, 7) is 0. The lowest BCUT2D eigenvalue weighted by molar-refractivity contribution is -0.137. The zero-order valence-electron chi connectivity index (χ0n) is 7.27. The van der Waals surface area contributed by atoms with Gasteiger partial charge < -0.3 is 15.3 Å². The molecule has 0 atom stereocenters. The third kappa shape index (κ3) is 5.76. The number of hydrogen-bond acceptors (Lipinski definition) is 3. The fourth-order valence-corrected chi connectivity index (χ4v) is 0.748. The van der Waals surface area contributed by atoms with Gasteiger partial charge in [-0.3, -0.25) is 9.59 Å². The minimum absolute atomic E-state index is 0.169. The summed E-state index contributed by atoms with van der Waals surface area (Å²) in [6.07, 6.45) is 0.102. The predicted octanol–water partition coefficient (Wildman–Crippen LogP) is 0.337. The van der Waals surface area contributed by atoms with Gasteiger partial charge in [-0.1, -0.05) is 6.08 Å². The summed E-state index contributed by atoms with van der Waals surface area (Å²) in [5, 5.41) is 25.1. The van der Waals surface area contributed by atoms with Crippen LogP contribution in [0.25, 0.3) is 0 Å². The van der Waals surface area contributed by atoms with Crippen molar-refractivity contribution in [1.29, 1.82) is 0 Å². The summed E-state index contributed by atoms with van der Waals surface area (Å²) in [7, 11) is 0. The minimum Gasteiger partial charge on any atom is -0.481 e. The Hall–Kier alpha value is -1.85. The quantitative estimate of drug-likeness (QED) is 0.535. The molecule has 78 valence electrons. The first kappa shape index (κ1) is 12.2. The van der Waals surface area contributed by atoms with Crippen molar-refractivity contribution in [2.75, 3.05) is 0 Å². The van der Waals surface area contributed by atoms with Gasteiger partial charge >= 0.3 is 17.9 Å². The van der Waals surface area contributed by atoms with E-state index in [0.29, 0.717) is 0 Å². The Labute approximate surface area is 79.5 Å². The smallest absolute Gasteiger partial charge is 0.331 e. The van der Waals surface area contributed by atoms with Crippen molar-refractivity contribution in [2.24, 2.45) is 0 Å². The van der Waals surface area contributed by atoms with Crippen LogP contribution in [0.5, 0.6) is 0 Å². The van der Waals surface area contributed by atoms with Crippen LogP contribution in [0, 0.1) is 0 Å². The third-order valence-electron chi connectivity index (χ3n) is 1.41. The topological polar surface area (TPSA) is 112 Å². The molecule has 0 aliphatic rings. The first-order chi connectivity index (χ1) is 6.43.